The molecule has 0 aliphatic heterocycles. The lowest BCUT2D eigenvalue weighted by molar-refractivity contribution is -0.161. The number of carbonyl (C=O) groups excluding carboxylic acids is 4. The van der Waals surface area contributed by atoms with Crippen LogP contribution in [0, 0.1) is 23.7 Å². The maximum atomic E-state index is 13.1. The van der Waals surface area contributed by atoms with E-state index < -0.39 is 97.5 Å². The number of aliphatic hydroxyl groups excluding tert-OH is 1. The van der Waals surface area contributed by atoms with Crippen molar-refractivity contribution < 1.29 is 80.2 Å². The van der Waals surface area contributed by atoms with E-state index >= 15 is 0 Å². The van der Waals surface area contributed by atoms with Crippen LogP contribution in [0.2, 0.25) is 0 Å². The summed E-state index contributed by atoms with van der Waals surface area (Å²) in [6.07, 6.45) is 48.5. The summed E-state index contributed by atoms with van der Waals surface area (Å²) < 4.78 is 68.5. The SMILES string of the molecule is CCC(C)CCCCCCCCCCCCCCCCC(=O)O[C@H](COC(=O)CCCCCCCCC(C)CC)COP(=O)(O)OC[C@H](O)COP(=O)(O)OC[C@@H](COC(=O)CCCCCCCCCCCCC(C)C)OC(=O)CCCCCCCCCCCCC(C)C. The van der Waals surface area contributed by atoms with Crippen molar-refractivity contribution in [3.63, 3.8) is 0 Å². The van der Waals surface area contributed by atoms with Crippen LogP contribution in [-0.2, 0) is 65.4 Å². The molecule has 0 spiro atoms. The molecule has 0 rings (SSSR count). The Balaban J connectivity index is 5.24. The van der Waals surface area contributed by atoms with Crippen molar-refractivity contribution in [2.75, 3.05) is 39.6 Å². The minimum Gasteiger partial charge on any atom is -0.462 e. The van der Waals surface area contributed by atoms with Crippen LogP contribution in [0.3, 0.4) is 0 Å². The Labute approximate surface area is 575 Å². The van der Waals surface area contributed by atoms with Gasteiger partial charge in [0.15, 0.2) is 12.2 Å². The van der Waals surface area contributed by atoms with Gasteiger partial charge in [-0.2, -0.15) is 0 Å². The second-order valence-electron chi connectivity index (χ2n) is 28.5. The summed E-state index contributed by atoms with van der Waals surface area (Å²) in [7, 11) is -9.91. The van der Waals surface area contributed by atoms with Gasteiger partial charge in [-0.3, -0.25) is 37.3 Å². The largest absolute Gasteiger partial charge is 0.472 e. The normalized spacial score (nSPS) is 14.7. The molecule has 0 fully saturated rings. The van der Waals surface area contributed by atoms with Crippen LogP contribution in [0.15, 0.2) is 0 Å². The molecule has 558 valence electrons. The molecule has 0 aromatic heterocycles. The maximum Gasteiger partial charge on any atom is 0.472 e. The first-order valence-electron chi connectivity index (χ1n) is 38.8. The highest BCUT2D eigenvalue weighted by atomic mass is 31.2. The van der Waals surface area contributed by atoms with Gasteiger partial charge in [-0.25, -0.2) is 9.13 Å². The summed E-state index contributed by atoms with van der Waals surface area (Å²) in [6, 6.07) is 0. The van der Waals surface area contributed by atoms with Crippen LogP contribution in [0.1, 0.15) is 376 Å². The van der Waals surface area contributed by atoms with Gasteiger partial charge in [0.1, 0.15) is 19.3 Å². The fourth-order valence-corrected chi connectivity index (χ4v) is 12.9. The molecule has 0 aromatic rings. The highest BCUT2D eigenvalue weighted by Gasteiger charge is 2.30. The van der Waals surface area contributed by atoms with Crippen LogP contribution in [0.4, 0.5) is 0 Å². The number of hydrogen-bond acceptors (Lipinski definition) is 15. The molecule has 4 unspecified atom stereocenters. The van der Waals surface area contributed by atoms with E-state index in [0.717, 1.165) is 120 Å². The molecule has 3 N–H and O–H groups in total. The Morgan fingerprint density at radius 2 is 0.511 bits per heavy atom. The molecule has 94 heavy (non-hydrogen) atoms. The van der Waals surface area contributed by atoms with E-state index in [4.69, 9.17) is 37.0 Å². The smallest absolute Gasteiger partial charge is 0.462 e. The van der Waals surface area contributed by atoms with Crippen LogP contribution < -0.4 is 0 Å². The van der Waals surface area contributed by atoms with Crippen molar-refractivity contribution in [2.45, 2.75) is 395 Å². The Kier molecular flexibility index (Phi) is 63.1. The minimum absolute atomic E-state index is 0.105. The van der Waals surface area contributed by atoms with Crippen molar-refractivity contribution in [1.82, 2.24) is 0 Å². The van der Waals surface area contributed by atoms with E-state index in [1.165, 1.54) is 173 Å². The molecule has 0 heterocycles. The highest BCUT2D eigenvalue weighted by molar-refractivity contribution is 7.47. The molecule has 0 saturated carbocycles. The molecule has 19 heteroatoms. The third kappa shape index (κ3) is 66.0. The number of unbranched alkanes of at least 4 members (excludes halogenated alkanes) is 36. The second-order valence-corrected chi connectivity index (χ2v) is 31.4. The standard InChI is InChI=1S/C75H146O17P2/c1-9-67(7)53-45-37-29-23-15-13-11-12-14-16-25-31-41-49-57-74(79)92-71(62-86-73(78)56-48-40-34-33-38-46-54-68(8)10-2)64-90-94(83,84)88-60-69(76)59-87-93(81,82)89-63-70(91-75(80)58-50-42-32-26-20-18-22-28-36-44-52-66(5)6)61-85-72(77)55-47-39-30-24-19-17-21-27-35-43-51-65(3)4/h65-71,76H,9-64H2,1-8H3,(H,81,82)(H,83,84)/t67?,68?,69-,70-,71-/m1/s1. The molecule has 0 saturated heterocycles. The van der Waals surface area contributed by atoms with Gasteiger partial charge in [0.05, 0.1) is 26.4 Å². The lowest BCUT2D eigenvalue weighted by Gasteiger charge is -2.21. The van der Waals surface area contributed by atoms with Crippen LogP contribution in [-0.4, -0.2) is 96.7 Å². The minimum atomic E-state index is -4.96. The molecule has 0 radical (unpaired) electrons. The van der Waals surface area contributed by atoms with Crippen molar-refractivity contribution in [3.05, 3.63) is 0 Å². The van der Waals surface area contributed by atoms with Crippen LogP contribution >= 0.6 is 15.6 Å². The quantitative estimate of drug-likeness (QED) is 0.0222. The fraction of sp³-hybridized carbons (Fsp3) is 0.947. The second kappa shape index (κ2) is 64.4. The van der Waals surface area contributed by atoms with Crippen molar-refractivity contribution in [3.8, 4) is 0 Å². The van der Waals surface area contributed by atoms with E-state index in [2.05, 4.69) is 55.4 Å². The molecule has 0 aliphatic carbocycles. The third-order valence-electron chi connectivity index (χ3n) is 18.0. The molecular weight excluding hydrogens is 1230 g/mol. The summed E-state index contributed by atoms with van der Waals surface area (Å²) in [5, 5.41) is 10.6. The predicted molar refractivity (Wildman–Crippen MR) is 381 cm³/mol. The highest BCUT2D eigenvalue weighted by Crippen LogP contribution is 2.45. The predicted octanol–water partition coefficient (Wildman–Crippen LogP) is 21.7. The van der Waals surface area contributed by atoms with Gasteiger partial charge in [-0.05, 0) is 49.4 Å². The summed E-state index contributed by atoms with van der Waals surface area (Å²) >= 11 is 0. The summed E-state index contributed by atoms with van der Waals surface area (Å²) in [6.45, 7) is 14.2. The lowest BCUT2D eigenvalue weighted by Crippen LogP contribution is -2.30. The lowest BCUT2D eigenvalue weighted by atomic mass is 9.99. The molecule has 0 aliphatic rings. The van der Waals surface area contributed by atoms with Crippen LogP contribution in [0.5, 0.6) is 0 Å². The first-order chi connectivity index (χ1) is 45.2. The van der Waals surface area contributed by atoms with Gasteiger partial charge in [-0.1, -0.05) is 325 Å². The molecule has 0 bridgehead atoms. The van der Waals surface area contributed by atoms with Crippen molar-refractivity contribution in [1.29, 1.82) is 0 Å². The number of phosphoric acid groups is 2. The Morgan fingerprint density at radius 3 is 0.755 bits per heavy atom. The topological polar surface area (TPSA) is 237 Å². The molecule has 0 aromatic carbocycles. The van der Waals surface area contributed by atoms with E-state index in [9.17, 15) is 43.2 Å². The van der Waals surface area contributed by atoms with Gasteiger partial charge in [0.2, 0.25) is 0 Å². The molecule has 17 nitrogen and oxygen atoms in total. The number of rotatable bonds is 72. The first kappa shape index (κ1) is 92.1. The average Bonchev–Trinajstić information content (AvgIpc) is 3.59. The number of aliphatic hydroxyl groups is 1. The summed E-state index contributed by atoms with van der Waals surface area (Å²) in [5.41, 5.74) is 0. The van der Waals surface area contributed by atoms with Crippen molar-refractivity contribution in [2.24, 2.45) is 23.7 Å². The first-order valence-corrected chi connectivity index (χ1v) is 41.8. The van der Waals surface area contributed by atoms with E-state index in [1.807, 2.05) is 0 Å². The van der Waals surface area contributed by atoms with Crippen LogP contribution in [0.25, 0.3) is 0 Å². The van der Waals surface area contributed by atoms with Gasteiger partial charge in [0, 0.05) is 25.7 Å². The zero-order valence-electron chi connectivity index (χ0n) is 61.6. The Hall–Kier alpha value is -1.94. The van der Waals surface area contributed by atoms with Gasteiger partial charge in [0.25, 0.3) is 0 Å². The number of esters is 4. The average molecular weight is 1380 g/mol. The third-order valence-corrected chi connectivity index (χ3v) is 19.9. The van der Waals surface area contributed by atoms with Gasteiger partial charge < -0.3 is 33.8 Å². The fourth-order valence-electron chi connectivity index (χ4n) is 11.3. The number of ether oxygens (including phenoxy) is 4. The maximum absolute atomic E-state index is 13.1. The van der Waals surface area contributed by atoms with Gasteiger partial charge >= 0.3 is 39.5 Å². The molecular formula is C75H146O17P2. The van der Waals surface area contributed by atoms with Crippen molar-refractivity contribution >= 4 is 39.5 Å². The van der Waals surface area contributed by atoms with Gasteiger partial charge in [-0.15, -0.1) is 0 Å². The number of carbonyl (C=O) groups is 4. The Bertz CT molecular complexity index is 1850. The van der Waals surface area contributed by atoms with E-state index in [-0.39, 0.29) is 25.7 Å². The zero-order valence-corrected chi connectivity index (χ0v) is 63.4. The number of hydrogen-bond donors (Lipinski definition) is 3. The number of phosphoric ester groups is 2. The van der Waals surface area contributed by atoms with E-state index in [1.54, 1.807) is 0 Å². The Morgan fingerprint density at radius 1 is 0.298 bits per heavy atom. The zero-order chi connectivity index (χ0) is 69.6. The monoisotopic (exact) mass is 1380 g/mol. The van der Waals surface area contributed by atoms with E-state index in [0.29, 0.717) is 25.7 Å². The summed E-state index contributed by atoms with van der Waals surface area (Å²) in [5.74, 6) is 0.964. The summed E-state index contributed by atoms with van der Waals surface area (Å²) in [4.78, 5) is 72.8. The molecule has 7 atom stereocenters. The molecule has 0 amide bonds.